The van der Waals surface area contributed by atoms with Crippen molar-refractivity contribution in [3.8, 4) is 0 Å². The Morgan fingerprint density at radius 3 is 2.56 bits per heavy atom. The third kappa shape index (κ3) is 2.76. The first-order chi connectivity index (χ1) is 8.38. The molecular formula is C12H15BrN4O. The molecule has 0 fully saturated rings. The fraction of sp³-hybridized carbons (Fsp3) is 0.417. The second-order valence-corrected chi connectivity index (χ2v) is 6.00. The Bertz CT molecular complexity index is 530. The summed E-state index contributed by atoms with van der Waals surface area (Å²) in [5.41, 5.74) is 6.59. The Morgan fingerprint density at radius 2 is 2.06 bits per heavy atom. The Labute approximate surface area is 114 Å². The molecule has 18 heavy (non-hydrogen) atoms. The van der Waals surface area contributed by atoms with Crippen LogP contribution in [0.25, 0.3) is 0 Å². The van der Waals surface area contributed by atoms with Crippen LogP contribution in [0.5, 0.6) is 0 Å². The summed E-state index contributed by atoms with van der Waals surface area (Å²) in [5.74, 6) is 1.03. The molecule has 96 valence electrons. The molecule has 5 nitrogen and oxygen atoms in total. The van der Waals surface area contributed by atoms with Crippen LogP contribution in [0.15, 0.2) is 27.3 Å². The molecule has 0 bridgehead atoms. The van der Waals surface area contributed by atoms with Crippen molar-refractivity contribution in [3.05, 3.63) is 40.2 Å². The fourth-order valence-corrected chi connectivity index (χ4v) is 1.60. The van der Waals surface area contributed by atoms with Crippen LogP contribution >= 0.6 is 15.9 Å². The van der Waals surface area contributed by atoms with Gasteiger partial charge >= 0.3 is 0 Å². The molecule has 2 aromatic rings. The van der Waals surface area contributed by atoms with Crippen molar-refractivity contribution in [2.75, 3.05) is 0 Å². The minimum absolute atomic E-state index is 0.182. The van der Waals surface area contributed by atoms with Crippen LogP contribution in [0.3, 0.4) is 0 Å². The summed E-state index contributed by atoms with van der Waals surface area (Å²) >= 11 is 3.33. The molecule has 0 saturated carbocycles. The van der Waals surface area contributed by atoms with E-state index in [-0.39, 0.29) is 5.41 Å². The number of nitrogens with two attached hydrogens (primary N) is 1. The Balaban J connectivity index is 2.26. The number of halogens is 1. The number of hydrogen-bond acceptors (Lipinski definition) is 5. The van der Waals surface area contributed by atoms with Gasteiger partial charge in [-0.2, -0.15) is 4.98 Å². The highest BCUT2D eigenvalue weighted by Crippen LogP contribution is 2.23. The van der Waals surface area contributed by atoms with Gasteiger partial charge in [0.25, 0.3) is 0 Å². The first-order valence-electron chi connectivity index (χ1n) is 5.59. The van der Waals surface area contributed by atoms with E-state index in [2.05, 4.69) is 31.1 Å². The average molecular weight is 311 g/mol. The van der Waals surface area contributed by atoms with E-state index in [4.69, 9.17) is 10.3 Å². The zero-order valence-corrected chi connectivity index (χ0v) is 12.1. The van der Waals surface area contributed by atoms with E-state index in [0.717, 1.165) is 4.47 Å². The van der Waals surface area contributed by atoms with Crippen molar-refractivity contribution in [3.63, 3.8) is 0 Å². The molecule has 0 radical (unpaired) electrons. The minimum Gasteiger partial charge on any atom is -0.339 e. The molecule has 2 aromatic heterocycles. The van der Waals surface area contributed by atoms with Gasteiger partial charge in [0.2, 0.25) is 5.89 Å². The number of nitrogens with zero attached hydrogens (tertiary/aromatic N) is 3. The smallest absolute Gasteiger partial charge is 0.232 e. The van der Waals surface area contributed by atoms with E-state index >= 15 is 0 Å². The Morgan fingerprint density at radius 1 is 1.33 bits per heavy atom. The van der Waals surface area contributed by atoms with Crippen molar-refractivity contribution in [1.29, 1.82) is 0 Å². The molecule has 2 heterocycles. The Kier molecular flexibility index (Phi) is 3.49. The average Bonchev–Trinajstić information content (AvgIpc) is 2.78. The highest BCUT2D eigenvalue weighted by Gasteiger charge is 2.24. The van der Waals surface area contributed by atoms with E-state index in [0.29, 0.717) is 17.4 Å². The van der Waals surface area contributed by atoms with Crippen LogP contribution in [0.2, 0.25) is 0 Å². The lowest BCUT2D eigenvalue weighted by Crippen LogP contribution is -2.16. The van der Waals surface area contributed by atoms with Crippen LogP contribution in [0.4, 0.5) is 0 Å². The number of hydrogen-bond donors (Lipinski definition) is 1. The third-order valence-corrected chi connectivity index (χ3v) is 2.90. The number of aromatic nitrogens is 3. The van der Waals surface area contributed by atoms with Gasteiger partial charge in [-0.1, -0.05) is 25.9 Å². The first-order valence-corrected chi connectivity index (χ1v) is 6.38. The zero-order chi connectivity index (χ0) is 13.3. The molecule has 0 aromatic carbocycles. The first kappa shape index (κ1) is 13.2. The van der Waals surface area contributed by atoms with Gasteiger partial charge in [-0.3, -0.25) is 4.98 Å². The summed E-state index contributed by atoms with van der Waals surface area (Å²) in [5, 5.41) is 3.92. The highest BCUT2D eigenvalue weighted by atomic mass is 79.9. The van der Waals surface area contributed by atoms with Crippen molar-refractivity contribution in [2.45, 2.75) is 32.2 Å². The van der Waals surface area contributed by atoms with Gasteiger partial charge in [0, 0.05) is 16.1 Å². The summed E-state index contributed by atoms with van der Waals surface area (Å²) in [6.07, 6.45) is 1.69. The van der Waals surface area contributed by atoms with Crippen molar-refractivity contribution < 1.29 is 4.52 Å². The van der Waals surface area contributed by atoms with Gasteiger partial charge in [0.15, 0.2) is 5.82 Å². The van der Waals surface area contributed by atoms with E-state index in [1.807, 2.05) is 32.9 Å². The van der Waals surface area contributed by atoms with Crippen LogP contribution in [-0.4, -0.2) is 15.1 Å². The summed E-state index contributed by atoms with van der Waals surface area (Å²) < 4.78 is 6.12. The summed E-state index contributed by atoms with van der Waals surface area (Å²) in [4.78, 5) is 8.56. The van der Waals surface area contributed by atoms with Crippen LogP contribution in [0, 0.1) is 0 Å². The van der Waals surface area contributed by atoms with Crippen molar-refractivity contribution in [1.82, 2.24) is 15.1 Å². The topological polar surface area (TPSA) is 77.8 Å². The quantitative estimate of drug-likeness (QED) is 0.922. The van der Waals surface area contributed by atoms with Gasteiger partial charge < -0.3 is 10.3 Å². The lowest BCUT2D eigenvalue weighted by molar-refractivity contribution is 0.317. The van der Waals surface area contributed by atoms with E-state index in [1.165, 1.54) is 0 Å². The van der Waals surface area contributed by atoms with Gasteiger partial charge in [0.05, 0.1) is 5.69 Å². The van der Waals surface area contributed by atoms with Gasteiger partial charge in [-0.05, 0) is 28.1 Å². The molecule has 0 aliphatic carbocycles. The van der Waals surface area contributed by atoms with E-state index in [1.54, 1.807) is 6.20 Å². The van der Waals surface area contributed by atoms with E-state index < -0.39 is 6.04 Å². The molecule has 0 aliphatic heterocycles. The molecule has 6 heteroatoms. The molecule has 2 N–H and O–H groups in total. The maximum Gasteiger partial charge on any atom is 0.232 e. The van der Waals surface area contributed by atoms with Gasteiger partial charge in [0.1, 0.15) is 6.04 Å². The van der Waals surface area contributed by atoms with E-state index in [9.17, 15) is 0 Å². The monoisotopic (exact) mass is 310 g/mol. The molecule has 0 spiro atoms. The SMILES string of the molecule is CC(C)(C)c1nc(C(N)c2ccc(Br)cn2)no1. The predicted molar refractivity (Wildman–Crippen MR) is 71.0 cm³/mol. The maximum atomic E-state index is 6.06. The van der Waals surface area contributed by atoms with Crippen LogP contribution in [0.1, 0.15) is 44.2 Å². The van der Waals surface area contributed by atoms with Crippen molar-refractivity contribution in [2.24, 2.45) is 5.73 Å². The lowest BCUT2D eigenvalue weighted by atomic mass is 9.97. The van der Waals surface area contributed by atoms with Crippen LogP contribution in [-0.2, 0) is 5.41 Å². The highest BCUT2D eigenvalue weighted by molar-refractivity contribution is 9.10. The second kappa shape index (κ2) is 4.78. The zero-order valence-electron chi connectivity index (χ0n) is 10.5. The summed E-state index contributed by atoms with van der Waals surface area (Å²) in [7, 11) is 0. The molecular weight excluding hydrogens is 296 g/mol. The Hall–Kier alpha value is -1.27. The molecule has 0 saturated heterocycles. The molecule has 0 amide bonds. The normalized spacial score (nSPS) is 13.6. The van der Waals surface area contributed by atoms with Gasteiger partial charge in [-0.25, -0.2) is 0 Å². The van der Waals surface area contributed by atoms with Crippen LogP contribution < -0.4 is 5.73 Å². The summed E-state index contributed by atoms with van der Waals surface area (Å²) in [6, 6.07) is 3.24. The molecule has 2 rings (SSSR count). The standard InChI is InChI=1S/C12H15BrN4O/c1-12(2,3)11-16-10(17-18-11)9(14)8-5-4-7(13)6-15-8/h4-6,9H,14H2,1-3H3. The van der Waals surface area contributed by atoms with Crippen molar-refractivity contribution >= 4 is 15.9 Å². The number of pyridine rings is 1. The fourth-order valence-electron chi connectivity index (χ4n) is 1.37. The van der Waals surface area contributed by atoms with Gasteiger partial charge in [-0.15, -0.1) is 0 Å². The predicted octanol–water partition coefficient (Wildman–Crippen LogP) is 2.57. The largest absolute Gasteiger partial charge is 0.339 e. The third-order valence-electron chi connectivity index (χ3n) is 2.43. The lowest BCUT2D eigenvalue weighted by Gasteiger charge is -2.10. The molecule has 0 aliphatic rings. The molecule has 1 unspecified atom stereocenters. The summed E-state index contributed by atoms with van der Waals surface area (Å²) in [6.45, 7) is 6.02. The second-order valence-electron chi connectivity index (χ2n) is 5.09. The number of rotatable bonds is 2. The minimum atomic E-state index is -0.474. The molecule has 1 atom stereocenters. The maximum absolute atomic E-state index is 6.06.